The Morgan fingerprint density at radius 3 is 2.38 bits per heavy atom. The van der Waals surface area contributed by atoms with Crippen molar-refractivity contribution in [1.82, 2.24) is 0 Å². The van der Waals surface area contributed by atoms with E-state index in [1.165, 1.54) is 12.1 Å². The van der Waals surface area contributed by atoms with Gasteiger partial charge in [-0.3, -0.25) is 0 Å². The van der Waals surface area contributed by atoms with Crippen LogP contribution in [-0.2, 0) is 0 Å². The number of halogens is 1. The van der Waals surface area contributed by atoms with Crippen molar-refractivity contribution in [2.45, 2.75) is 13.8 Å². The Morgan fingerprint density at radius 2 is 2.00 bits per heavy atom. The van der Waals surface area contributed by atoms with Gasteiger partial charge in [0, 0.05) is 10.7 Å². The Hall–Kier alpha value is -1.22. The largest absolute Gasteiger partial charge is 0.478 e. The second-order valence-corrected chi connectivity index (χ2v) is 2.47. The van der Waals surface area contributed by atoms with Crippen LogP contribution in [0.4, 0.5) is 5.69 Å². The summed E-state index contributed by atoms with van der Waals surface area (Å²) in [5.74, 6) is -1.06. The second-order valence-electron chi connectivity index (χ2n) is 2.04. The fourth-order valence-corrected chi connectivity index (χ4v) is 0.886. The average molecular weight is 202 g/mol. The quantitative estimate of drug-likeness (QED) is 0.687. The lowest BCUT2D eigenvalue weighted by Gasteiger charge is -1.99. The van der Waals surface area contributed by atoms with E-state index in [0.29, 0.717) is 5.02 Å². The highest BCUT2D eigenvalue weighted by Gasteiger charge is 2.06. The van der Waals surface area contributed by atoms with E-state index in [4.69, 9.17) is 22.4 Å². The van der Waals surface area contributed by atoms with Crippen LogP contribution in [0.1, 0.15) is 24.2 Å². The number of carbonyl (C=O) groups is 1. The number of aromatic carboxylic acids is 1. The van der Waals surface area contributed by atoms with Crippen LogP contribution in [0.15, 0.2) is 18.2 Å². The van der Waals surface area contributed by atoms with E-state index in [1.54, 1.807) is 6.07 Å². The number of carboxylic acid groups (broad SMARTS) is 1. The highest BCUT2D eigenvalue weighted by Crippen LogP contribution is 2.17. The predicted octanol–water partition coefficient (Wildman–Crippen LogP) is 2.65. The maximum atomic E-state index is 10.4. The highest BCUT2D eigenvalue weighted by molar-refractivity contribution is 6.31. The molecule has 0 radical (unpaired) electrons. The molecule has 3 nitrogen and oxygen atoms in total. The fourth-order valence-electron chi connectivity index (χ4n) is 0.714. The zero-order valence-electron chi connectivity index (χ0n) is 7.54. The summed E-state index contributed by atoms with van der Waals surface area (Å²) in [5.41, 5.74) is 5.61. The predicted molar refractivity (Wildman–Crippen MR) is 54.2 cm³/mol. The molecule has 4 heteroatoms. The van der Waals surface area contributed by atoms with Crippen LogP contribution in [0.3, 0.4) is 0 Å². The van der Waals surface area contributed by atoms with Crippen LogP contribution < -0.4 is 5.73 Å². The minimum absolute atomic E-state index is 0.0394. The van der Waals surface area contributed by atoms with Gasteiger partial charge in [0.25, 0.3) is 0 Å². The average Bonchev–Trinajstić information content (AvgIpc) is 2.12. The Balaban J connectivity index is 0.000000671. The first kappa shape index (κ1) is 11.8. The smallest absolute Gasteiger partial charge is 0.337 e. The van der Waals surface area contributed by atoms with Crippen LogP contribution in [0.5, 0.6) is 0 Å². The molecule has 1 aromatic rings. The molecule has 3 N–H and O–H groups in total. The summed E-state index contributed by atoms with van der Waals surface area (Å²) in [4.78, 5) is 10.4. The lowest BCUT2D eigenvalue weighted by molar-refractivity contribution is 0.0698. The molecule has 0 spiro atoms. The summed E-state index contributed by atoms with van der Waals surface area (Å²) in [5, 5.41) is 8.92. The van der Waals surface area contributed by atoms with Crippen LogP contribution >= 0.6 is 11.6 Å². The maximum Gasteiger partial charge on any atom is 0.337 e. The van der Waals surface area contributed by atoms with Gasteiger partial charge in [0.05, 0.1) is 5.56 Å². The molecule has 0 aromatic heterocycles. The van der Waals surface area contributed by atoms with Gasteiger partial charge in [0.1, 0.15) is 0 Å². The molecule has 13 heavy (non-hydrogen) atoms. The van der Waals surface area contributed by atoms with Crippen molar-refractivity contribution < 1.29 is 9.90 Å². The van der Waals surface area contributed by atoms with Crippen molar-refractivity contribution in [3.63, 3.8) is 0 Å². The summed E-state index contributed by atoms with van der Waals surface area (Å²) < 4.78 is 0. The van der Waals surface area contributed by atoms with E-state index in [9.17, 15) is 4.79 Å². The second kappa shape index (κ2) is 5.43. The molecule has 0 aliphatic heterocycles. The van der Waals surface area contributed by atoms with Crippen molar-refractivity contribution >= 4 is 23.3 Å². The SMILES string of the molecule is CC.Nc1ccc(Cl)cc1C(=O)O. The van der Waals surface area contributed by atoms with Gasteiger partial charge in [-0.2, -0.15) is 0 Å². The van der Waals surface area contributed by atoms with Crippen molar-refractivity contribution in [2.24, 2.45) is 0 Å². The zero-order valence-corrected chi connectivity index (χ0v) is 8.30. The van der Waals surface area contributed by atoms with Gasteiger partial charge in [0.2, 0.25) is 0 Å². The Labute approximate surface area is 82.1 Å². The molecule has 0 aliphatic rings. The van der Waals surface area contributed by atoms with Gasteiger partial charge in [-0.05, 0) is 18.2 Å². The Bertz CT molecular complexity index is 300. The van der Waals surface area contributed by atoms with Crippen molar-refractivity contribution in [1.29, 1.82) is 0 Å². The topological polar surface area (TPSA) is 63.3 Å². The number of benzene rings is 1. The van der Waals surface area contributed by atoms with E-state index in [0.717, 1.165) is 0 Å². The van der Waals surface area contributed by atoms with Gasteiger partial charge >= 0.3 is 5.97 Å². The first-order chi connectivity index (χ1) is 6.11. The van der Waals surface area contributed by atoms with Crippen LogP contribution in [0.25, 0.3) is 0 Å². The van der Waals surface area contributed by atoms with Crippen molar-refractivity contribution in [3.8, 4) is 0 Å². The molecule has 0 saturated carbocycles. The molecule has 0 atom stereocenters. The maximum absolute atomic E-state index is 10.4. The molecule has 0 heterocycles. The summed E-state index contributed by atoms with van der Waals surface area (Å²) in [7, 11) is 0. The molecule has 0 amide bonds. The van der Waals surface area contributed by atoms with E-state index in [-0.39, 0.29) is 11.3 Å². The molecule has 0 saturated heterocycles. The van der Waals surface area contributed by atoms with Crippen LogP contribution in [0, 0.1) is 0 Å². The molecular weight excluding hydrogens is 190 g/mol. The minimum atomic E-state index is -1.06. The van der Waals surface area contributed by atoms with Gasteiger partial charge in [-0.1, -0.05) is 25.4 Å². The van der Waals surface area contributed by atoms with Crippen LogP contribution in [-0.4, -0.2) is 11.1 Å². The summed E-state index contributed by atoms with van der Waals surface area (Å²) >= 11 is 5.54. The first-order valence-corrected chi connectivity index (χ1v) is 4.27. The number of nitrogen functional groups attached to an aromatic ring is 1. The van der Waals surface area contributed by atoms with Gasteiger partial charge in [-0.25, -0.2) is 4.79 Å². The van der Waals surface area contributed by atoms with E-state index in [1.807, 2.05) is 13.8 Å². The van der Waals surface area contributed by atoms with Gasteiger partial charge in [0.15, 0.2) is 0 Å². The number of hydrogen-bond acceptors (Lipinski definition) is 2. The summed E-state index contributed by atoms with van der Waals surface area (Å²) in [6.45, 7) is 4.00. The number of carboxylic acids is 1. The van der Waals surface area contributed by atoms with E-state index < -0.39 is 5.97 Å². The Kier molecular flexibility index (Phi) is 4.92. The molecule has 1 rings (SSSR count). The third-order valence-electron chi connectivity index (χ3n) is 1.25. The highest BCUT2D eigenvalue weighted by atomic mass is 35.5. The summed E-state index contributed by atoms with van der Waals surface area (Å²) in [6, 6.07) is 4.33. The number of hydrogen-bond donors (Lipinski definition) is 2. The Morgan fingerprint density at radius 1 is 1.46 bits per heavy atom. The number of nitrogens with two attached hydrogens (primary N) is 1. The number of rotatable bonds is 1. The molecule has 1 aromatic carbocycles. The monoisotopic (exact) mass is 201 g/mol. The van der Waals surface area contributed by atoms with E-state index in [2.05, 4.69) is 0 Å². The summed E-state index contributed by atoms with van der Waals surface area (Å²) in [6.07, 6.45) is 0. The zero-order chi connectivity index (χ0) is 10.4. The van der Waals surface area contributed by atoms with Crippen molar-refractivity contribution in [3.05, 3.63) is 28.8 Å². The standard InChI is InChI=1S/C7H6ClNO2.C2H6/c8-4-1-2-6(9)5(3-4)7(10)11;1-2/h1-3H,9H2,(H,10,11);1-2H3. The molecule has 0 aliphatic carbocycles. The lowest BCUT2D eigenvalue weighted by Crippen LogP contribution is -2.01. The first-order valence-electron chi connectivity index (χ1n) is 3.89. The third-order valence-corrected chi connectivity index (χ3v) is 1.48. The molecule has 72 valence electrons. The fraction of sp³-hybridized carbons (Fsp3) is 0.222. The minimum Gasteiger partial charge on any atom is -0.478 e. The molecule has 0 fully saturated rings. The lowest BCUT2D eigenvalue weighted by atomic mass is 10.2. The third kappa shape index (κ3) is 3.34. The van der Waals surface area contributed by atoms with Gasteiger partial charge < -0.3 is 10.8 Å². The van der Waals surface area contributed by atoms with Crippen molar-refractivity contribution in [2.75, 3.05) is 5.73 Å². The van der Waals surface area contributed by atoms with Gasteiger partial charge in [-0.15, -0.1) is 0 Å². The molecule has 0 bridgehead atoms. The molecular formula is C9H12ClNO2. The van der Waals surface area contributed by atoms with E-state index >= 15 is 0 Å². The van der Waals surface area contributed by atoms with Crippen LogP contribution in [0.2, 0.25) is 5.02 Å². The molecule has 0 unspecified atom stereocenters. The normalized spacial score (nSPS) is 8.54. The number of anilines is 1.